The van der Waals surface area contributed by atoms with Crippen LogP contribution >= 0.6 is 0 Å². The maximum absolute atomic E-state index is 11.0. The lowest BCUT2D eigenvalue weighted by Gasteiger charge is -2.09. The number of ether oxygens (including phenoxy) is 1. The molecule has 1 heterocycles. The average molecular weight is 281 g/mol. The van der Waals surface area contributed by atoms with Crippen LogP contribution in [0.5, 0.6) is 5.88 Å². The van der Waals surface area contributed by atoms with Crippen molar-refractivity contribution in [3.63, 3.8) is 0 Å². The Morgan fingerprint density at radius 2 is 1.89 bits per heavy atom. The maximum Gasteiger partial charge on any atom is 0.225 e. The predicted octanol–water partition coefficient (Wildman–Crippen LogP) is 1.13. The normalized spacial score (nSPS) is 11.7. The van der Waals surface area contributed by atoms with Crippen LogP contribution in [0.3, 0.4) is 0 Å². The van der Waals surface area contributed by atoms with E-state index in [1.807, 2.05) is 26.0 Å². The number of sulfonamides is 1. The standard InChI is InChI=1S/C12H15N3O3S/c1-8-4-10-11(5-9(8)2)13-6-14-12(10)18-7-15-19(3,16)17/h4-6,15H,7H2,1-3H3. The molecular formula is C12H15N3O3S. The van der Waals surface area contributed by atoms with Gasteiger partial charge in [0, 0.05) is 0 Å². The molecular weight excluding hydrogens is 266 g/mol. The highest BCUT2D eigenvalue weighted by atomic mass is 32.2. The summed E-state index contributed by atoms with van der Waals surface area (Å²) < 4.78 is 29.5. The van der Waals surface area contributed by atoms with Crippen molar-refractivity contribution in [3.05, 3.63) is 29.6 Å². The predicted molar refractivity (Wildman–Crippen MR) is 72.5 cm³/mol. The van der Waals surface area contributed by atoms with Crippen LogP contribution < -0.4 is 9.46 Å². The first-order chi connectivity index (χ1) is 8.87. The molecule has 0 aliphatic carbocycles. The number of nitrogens with zero attached hydrogens (tertiary/aromatic N) is 2. The van der Waals surface area contributed by atoms with E-state index in [4.69, 9.17) is 4.74 Å². The summed E-state index contributed by atoms with van der Waals surface area (Å²) in [6, 6.07) is 3.88. The Kier molecular flexibility index (Phi) is 3.68. The first-order valence-electron chi connectivity index (χ1n) is 5.66. The molecule has 1 aromatic carbocycles. The maximum atomic E-state index is 11.0. The monoisotopic (exact) mass is 281 g/mol. The van der Waals surface area contributed by atoms with Crippen LogP contribution in [0.4, 0.5) is 0 Å². The van der Waals surface area contributed by atoms with E-state index >= 15 is 0 Å². The fourth-order valence-corrected chi connectivity index (χ4v) is 1.88. The highest BCUT2D eigenvalue weighted by Gasteiger charge is 2.08. The molecule has 6 nitrogen and oxygen atoms in total. The zero-order chi connectivity index (χ0) is 14.0. The molecule has 1 N–H and O–H groups in total. The Bertz CT molecular complexity index is 713. The van der Waals surface area contributed by atoms with Gasteiger partial charge in [-0.2, -0.15) is 4.72 Å². The summed E-state index contributed by atoms with van der Waals surface area (Å²) in [5.41, 5.74) is 3.00. The van der Waals surface area contributed by atoms with Crippen LogP contribution in [0.15, 0.2) is 18.5 Å². The topological polar surface area (TPSA) is 81.2 Å². The molecule has 2 rings (SSSR count). The quantitative estimate of drug-likeness (QED) is 0.850. The molecule has 0 amide bonds. The van der Waals surface area contributed by atoms with E-state index in [0.29, 0.717) is 5.88 Å². The van der Waals surface area contributed by atoms with Crippen molar-refractivity contribution in [1.82, 2.24) is 14.7 Å². The van der Waals surface area contributed by atoms with Gasteiger partial charge in [0.2, 0.25) is 15.9 Å². The Morgan fingerprint density at radius 1 is 1.21 bits per heavy atom. The van der Waals surface area contributed by atoms with E-state index in [1.54, 1.807) is 0 Å². The van der Waals surface area contributed by atoms with Crippen LogP contribution in [0, 0.1) is 13.8 Å². The third-order valence-electron chi connectivity index (χ3n) is 2.74. The van der Waals surface area contributed by atoms with E-state index in [9.17, 15) is 8.42 Å². The number of hydrogen-bond acceptors (Lipinski definition) is 5. The molecule has 2 aromatic rings. The van der Waals surface area contributed by atoms with Crippen LogP contribution in [-0.2, 0) is 10.0 Å². The highest BCUT2D eigenvalue weighted by molar-refractivity contribution is 7.88. The van der Waals surface area contributed by atoms with Gasteiger partial charge in [-0.3, -0.25) is 0 Å². The molecule has 0 atom stereocenters. The second kappa shape index (κ2) is 5.10. The average Bonchev–Trinajstić information content (AvgIpc) is 2.30. The molecule has 0 saturated heterocycles. The molecule has 19 heavy (non-hydrogen) atoms. The van der Waals surface area contributed by atoms with Crippen molar-refractivity contribution >= 4 is 20.9 Å². The summed E-state index contributed by atoms with van der Waals surface area (Å²) >= 11 is 0. The van der Waals surface area contributed by atoms with Gasteiger partial charge in [0.25, 0.3) is 0 Å². The van der Waals surface area contributed by atoms with Crippen LogP contribution in [-0.4, -0.2) is 31.4 Å². The fourth-order valence-electron chi connectivity index (χ4n) is 1.61. The van der Waals surface area contributed by atoms with E-state index in [-0.39, 0.29) is 6.73 Å². The van der Waals surface area contributed by atoms with Gasteiger partial charge in [0.15, 0.2) is 6.73 Å². The Balaban J connectivity index is 2.31. The molecule has 0 aliphatic heterocycles. The SMILES string of the molecule is Cc1cc2ncnc(OCNS(C)(=O)=O)c2cc1C. The number of benzene rings is 1. The molecule has 7 heteroatoms. The minimum absolute atomic E-state index is 0.155. The van der Waals surface area contributed by atoms with Crippen LogP contribution in [0.25, 0.3) is 10.9 Å². The summed E-state index contributed by atoms with van der Waals surface area (Å²) in [5.74, 6) is 0.365. The summed E-state index contributed by atoms with van der Waals surface area (Å²) in [5, 5.41) is 0.765. The van der Waals surface area contributed by atoms with Crippen molar-refractivity contribution in [1.29, 1.82) is 0 Å². The van der Waals surface area contributed by atoms with Crippen molar-refractivity contribution in [2.45, 2.75) is 13.8 Å². The molecule has 0 unspecified atom stereocenters. The Morgan fingerprint density at radius 3 is 2.58 bits per heavy atom. The smallest absolute Gasteiger partial charge is 0.225 e. The number of aryl methyl sites for hydroxylation is 2. The van der Waals surface area contributed by atoms with E-state index in [0.717, 1.165) is 28.3 Å². The van der Waals surface area contributed by atoms with Gasteiger partial charge in [-0.1, -0.05) is 0 Å². The zero-order valence-electron chi connectivity index (χ0n) is 11.0. The molecule has 0 bridgehead atoms. The largest absolute Gasteiger partial charge is 0.460 e. The number of fused-ring (bicyclic) bond motifs is 1. The Labute approximate surface area is 111 Å². The summed E-state index contributed by atoms with van der Waals surface area (Å²) in [6.07, 6.45) is 2.47. The molecule has 0 aliphatic rings. The van der Waals surface area contributed by atoms with Crippen molar-refractivity contribution in [3.8, 4) is 5.88 Å². The highest BCUT2D eigenvalue weighted by Crippen LogP contribution is 2.24. The Hall–Kier alpha value is -1.73. The molecule has 0 spiro atoms. The van der Waals surface area contributed by atoms with E-state index < -0.39 is 10.0 Å². The number of aromatic nitrogens is 2. The molecule has 1 aromatic heterocycles. The molecule has 0 saturated carbocycles. The molecule has 102 valence electrons. The van der Waals surface area contributed by atoms with Crippen molar-refractivity contribution in [2.24, 2.45) is 0 Å². The third-order valence-corrected chi connectivity index (χ3v) is 3.39. The zero-order valence-corrected chi connectivity index (χ0v) is 11.8. The van der Waals surface area contributed by atoms with Gasteiger partial charge in [-0.25, -0.2) is 18.4 Å². The van der Waals surface area contributed by atoms with Gasteiger partial charge in [-0.15, -0.1) is 0 Å². The molecule has 0 radical (unpaired) electrons. The van der Waals surface area contributed by atoms with E-state index in [1.165, 1.54) is 6.33 Å². The first-order valence-corrected chi connectivity index (χ1v) is 7.55. The molecule has 0 fully saturated rings. The number of nitrogens with one attached hydrogen (secondary N) is 1. The minimum Gasteiger partial charge on any atom is -0.460 e. The fraction of sp³-hybridized carbons (Fsp3) is 0.333. The van der Waals surface area contributed by atoms with Crippen LogP contribution in [0.1, 0.15) is 11.1 Å². The van der Waals surface area contributed by atoms with Gasteiger partial charge in [-0.05, 0) is 37.1 Å². The summed E-state index contributed by atoms with van der Waals surface area (Å²) in [4.78, 5) is 8.20. The lowest BCUT2D eigenvalue weighted by atomic mass is 10.1. The second-order valence-electron chi connectivity index (χ2n) is 4.34. The van der Waals surface area contributed by atoms with Gasteiger partial charge in [0.1, 0.15) is 6.33 Å². The summed E-state index contributed by atoms with van der Waals surface area (Å²) in [6.45, 7) is 3.83. The van der Waals surface area contributed by atoms with Crippen LogP contribution in [0.2, 0.25) is 0 Å². The van der Waals surface area contributed by atoms with Gasteiger partial charge >= 0.3 is 0 Å². The minimum atomic E-state index is -3.28. The lowest BCUT2D eigenvalue weighted by Crippen LogP contribution is -2.26. The van der Waals surface area contributed by atoms with Gasteiger partial charge in [0.05, 0.1) is 17.2 Å². The van der Waals surface area contributed by atoms with Gasteiger partial charge < -0.3 is 4.74 Å². The second-order valence-corrected chi connectivity index (χ2v) is 6.17. The number of hydrogen-bond donors (Lipinski definition) is 1. The third kappa shape index (κ3) is 3.39. The van der Waals surface area contributed by atoms with Crippen molar-refractivity contribution < 1.29 is 13.2 Å². The lowest BCUT2D eigenvalue weighted by molar-refractivity contribution is 0.303. The van der Waals surface area contributed by atoms with E-state index in [2.05, 4.69) is 14.7 Å². The number of rotatable bonds is 4. The summed E-state index contributed by atoms with van der Waals surface area (Å²) in [7, 11) is -3.28. The first kappa shape index (κ1) is 13.7. The van der Waals surface area contributed by atoms with Crippen molar-refractivity contribution in [2.75, 3.05) is 13.0 Å².